The predicted octanol–water partition coefficient (Wildman–Crippen LogP) is -1.15. The van der Waals surface area contributed by atoms with E-state index >= 15 is 0 Å². The molecule has 0 unspecified atom stereocenters. The summed E-state index contributed by atoms with van der Waals surface area (Å²) in [5.74, 6) is -0.593. The van der Waals surface area contributed by atoms with Gasteiger partial charge in [0.05, 0.1) is 0 Å². The summed E-state index contributed by atoms with van der Waals surface area (Å²) in [5.41, 5.74) is 0. The van der Waals surface area contributed by atoms with Crippen LogP contribution >= 0.6 is 0 Å². The van der Waals surface area contributed by atoms with Crippen molar-refractivity contribution in [3.63, 3.8) is 0 Å². The molecule has 14 heavy (non-hydrogen) atoms. The predicted molar refractivity (Wildman–Crippen MR) is 44.8 cm³/mol. The number of amides is 4. The Bertz CT molecular complexity index is 240. The van der Waals surface area contributed by atoms with E-state index in [2.05, 4.69) is 10.6 Å². The molecule has 0 spiro atoms. The van der Waals surface area contributed by atoms with Gasteiger partial charge in [-0.2, -0.15) is 0 Å². The Balaban J connectivity index is 0.000000140. The van der Waals surface area contributed by atoms with E-state index in [0.29, 0.717) is 25.7 Å². The van der Waals surface area contributed by atoms with Gasteiger partial charge in [0.15, 0.2) is 0 Å². The maximum absolute atomic E-state index is 10.1. The third-order valence-corrected chi connectivity index (χ3v) is 1.72. The SMILES string of the molecule is O=C1CCC(=O)N1.O=C1CCC(=O)N1. The minimum absolute atomic E-state index is 0.148. The Morgan fingerprint density at radius 2 is 0.786 bits per heavy atom. The van der Waals surface area contributed by atoms with E-state index in [1.54, 1.807) is 0 Å². The van der Waals surface area contributed by atoms with Gasteiger partial charge in [0.2, 0.25) is 23.6 Å². The van der Waals surface area contributed by atoms with Crippen molar-refractivity contribution in [2.45, 2.75) is 25.7 Å². The summed E-state index contributed by atoms with van der Waals surface area (Å²) < 4.78 is 0. The minimum atomic E-state index is -0.148. The molecule has 2 aliphatic rings. The van der Waals surface area contributed by atoms with Crippen LogP contribution in [0.1, 0.15) is 25.7 Å². The average Bonchev–Trinajstić information content (AvgIpc) is 2.63. The molecule has 2 fully saturated rings. The third kappa shape index (κ3) is 3.34. The number of nitrogens with one attached hydrogen (secondary N) is 2. The fourth-order valence-corrected chi connectivity index (χ4v) is 1.02. The molecule has 0 saturated carbocycles. The van der Waals surface area contributed by atoms with Crippen LogP contribution in [0.5, 0.6) is 0 Å². The first-order valence-electron chi connectivity index (χ1n) is 4.23. The van der Waals surface area contributed by atoms with Gasteiger partial charge in [-0.25, -0.2) is 0 Å². The van der Waals surface area contributed by atoms with Crippen molar-refractivity contribution in [2.75, 3.05) is 0 Å². The minimum Gasteiger partial charge on any atom is -0.296 e. The van der Waals surface area contributed by atoms with Crippen molar-refractivity contribution in [1.29, 1.82) is 0 Å². The van der Waals surface area contributed by atoms with Crippen LogP contribution in [-0.2, 0) is 19.2 Å². The van der Waals surface area contributed by atoms with E-state index in [0.717, 1.165) is 0 Å². The van der Waals surface area contributed by atoms with Crippen molar-refractivity contribution in [3.05, 3.63) is 0 Å². The van der Waals surface area contributed by atoms with Gasteiger partial charge in [0.1, 0.15) is 0 Å². The van der Waals surface area contributed by atoms with Gasteiger partial charge in [-0.05, 0) is 0 Å². The Labute approximate surface area is 80.0 Å². The van der Waals surface area contributed by atoms with E-state index in [1.165, 1.54) is 0 Å². The largest absolute Gasteiger partial charge is 0.296 e. The Hall–Kier alpha value is -1.72. The van der Waals surface area contributed by atoms with Crippen molar-refractivity contribution in [3.8, 4) is 0 Å². The molecule has 6 heteroatoms. The maximum atomic E-state index is 10.1. The highest BCUT2D eigenvalue weighted by molar-refractivity contribution is 6.02. The zero-order valence-corrected chi connectivity index (χ0v) is 7.46. The summed E-state index contributed by atoms with van der Waals surface area (Å²) in [6.07, 6.45) is 1.50. The highest BCUT2D eigenvalue weighted by Crippen LogP contribution is 1.96. The first-order valence-corrected chi connectivity index (χ1v) is 4.23. The Morgan fingerprint density at radius 3 is 0.857 bits per heavy atom. The molecule has 76 valence electrons. The molecule has 4 amide bonds. The molecule has 0 atom stereocenters. The normalized spacial score (nSPS) is 20.0. The van der Waals surface area contributed by atoms with E-state index < -0.39 is 0 Å². The van der Waals surface area contributed by atoms with Crippen molar-refractivity contribution >= 4 is 23.6 Å². The number of hydrogen-bond acceptors (Lipinski definition) is 4. The summed E-state index contributed by atoms with van der Waals surface area (Å²) >= 11 is 0. The van der Waals surface area contributed by atoms with Crippen LogP contribution in [0.3, 0.4) is 0 Å². The number of carbonyl (C=O) groups excluding carboxylic acids is 4. The second kappa shape index (κ2) is 4.50. The maximum Gasteiger partial charge on any atom is 0.227 e. The van der Waals surface area contributed by atoms with Crippen molar-refractivity contribution in [2.24, 2.45) is 0 Å². The molecule has 0 aromatic heterocycles. The Kier molecular flexibility index (Phi) is 3.33. The van der Waals surface area contributed by atoms with Gasteiger partial charge in [-0.15, -0.1) is 0 Å². The fraction of sp³-hybridized carbons (Fsp3) is 0.500. The molecular weight excluding hydrogens is 188 g/mol. The lowest BCUT2D eigenvalue weighted by Gasteiger charge is -1.79. The molecule has 0 aliphatic carbocycles. The van der Waals surface area contributed by atoms with Gasteiger partial charge >= 0.3 is 0 Å². The zero-order chi connectivity index (χ0) is 10.6. The van der Waals surface area contributed by atoms with Gasteiger partial charge in [0.25, 0.3) is 0 Å². The molecule has 0 aromatic rings. The van der Waals surface area contributed by atoms with E-state index in [9.17, 15) is 19.2 Å². The summed E-state index contributed by atoms with van der Waals surface area (Å²) in [6.45, 7) is 0. The molecule has 2 rings (SSSR count). The summed E-state index contributed by atoms with van der Waals surface area (Å²) in [5, 5.41) is 4.28. The van der Waals surface area contributed by atoms with Crippen LogP contribution in [0, 0.1) is 0 Å². The zero-order valence-electron chi connectivity index (χ0n) is 7.46. The molecule has 2 aliphatic heterocycles. The van der Waals surface area contributed by atoms with Crippen LogP contribution < -0.4 is 10.6 Å². The number of imide groups is 2. The number of hydrogen-bond donors (Lipinski definition) is 2. The molecule has 2 N–H and O–H groups in total. The molecule has 0 bridgehead atoms. The number of rotatable bonds is 0. The van der Waals surface area contributed by atoms with Crippen LogP contribution in [0.25, 0.3) is 0 Å². The summed E-state index contributed by atoms with van der Waals surface area (Å²) in [6, 6.07) is 0. The van der Waals surface area contributed by atoms with E-state index in [4.69, 9.17) is 0 Å². The van der Waals surface area contributed by atoms with E-state index in [-0.39, 0.29) is 23.6 Å². The number of carbonyl (C=O) groups is 4. The molecular formula is C8H10N2O4. The van der Waals surface area contributed by atoms with Gasteiger partial charge in [-0.1, -0.05) is 0 Å². The van der Waals surface area contributed by atoms with Crippen LogP contribution in [0.15, 0.2) is 0 Å². The van der Waals surface area contributed by atoms with Crippen LogP contribution in [-0.4, -0.2) is 23.6 Å². The second-order valence-electron chi connectivity index (χ2n) is 2.94. The van der Waals surface area contributed by atoms with Gasteiger partial charge in [-0.3, -0.25) is 29.8 Å². The lowest BCUT2D eigenvalue weighted by atomic mass is 10.4. The standard InChI is InChI=1S/2C4H5NO2/c2*6-3-1-2-4(7)5-3/h2*1-2H2,(H,5,6,7). The van der Waals surface area contributed by atoms with Gasteiger partial charge in [0, 0.05) is 25.7 Å². The molecule has 2 saturated heterocycles. The highest BCUT2D eigenvalue weighted by atomic mass is 16.2. The quantitative estimate of drug-likeness (QED) is 0.480. The topological polar surface area (TPSA) is 92.3 Å². The summed E-state index contributed by atoms with van der Waals surface area (Å²) in [4.78, 5) is 40.5. The average molecular weight is 198 g/mol. The highest BCUT2D eigenvalue weighted by Gasteiger charge is 2.16. The van der Waals surface area contributed by atoms with Crippen LogP contribution in [0.2, 0.25) is 0 Å². The Morgan fingerprint density at radius 1 is 0.571 bits per heavy atom. The lowest BCUT2D eigenvalue weighted by molar-refractivity contribution is -0.126. The van der Waals surface area contributed by atoms with Crippen molar-refractivity contribution < 1.29 is 19.2 Å². The lowest BCUT2D eigenvalue weighted by Crippen LogP contribution is -2.18. The molecule has 0 radical (unpaired) electrons. The monoisotopic (exact) mass is 198 g/mol. The molecule has 2 heterocycles. The van der Waals surface area contributed by atoms with Gasteiger partial charge < -0.3 is 0 Å². The van der Waals surface area contributed by atoms with Crippen LogP contribution in [0.4, 0.5) is 0 Å². The molecule has 0 aromatic carbocycles. The first kappa shape index (κ1) is 10.4. The first-order chi connectivity index (χ1) is 6.58. The second-order valence-corrected chi connectivity index (χ2v) is 2.94. The molecule has 6 nitrogen and oxygen atoms in total. The summed E-state index contributed by atoms with van der Waals surface area (Å²) in [7, 11) is 0. The fourth-order valence-electron chi connectivity index (χ4n) is 1.02. The third-order valence-electron chi connectivity index (χ3n) is 1.72. The van der Waals surface area contributed by atoms with Crippen molar-refractivity contribution in [1.82, 2.24) is 10.6 Å². The smallest absolute Gasteiger partial charge is 0.227 e. The van der Waals surface area contributed by atoms with E-state index in [1.807, 2.05) is 0 Å².